The quantitative estimate of drug-likeness (QED) is 0.493. The zero-order valence-corrected chi connectivity index (χ0v) is 13.0. The van der Waals surface area contributed by atoms with Crippen LogP contribution in [0.5, 0.6) is 0 Å². The molecule has 1 aromatic heterocycles. The van der Waals surface area contributed by atoms with Crippen LogP contribution < -0.4 is 5.32 Å². The van der Waals surface area contributed by atoms with Crippen LogP contribution in [0.3, 0.4) is 0 Å². The summed E-state index contributed by atoms with van der Waals surface area (Å²) in [7, 11) is 0. The van der Waals surface area contributed by atoms with Crippen LogP contribution in [0.2, 0.25) is 0 Å². The van der Waals surface area contributed by atoms with Gasteiger partial charge >= 0.3 is 0 Å². The van der Waals surface area contributed by atoms with Crippen LogP contribution in [-0.2, 0) is 0 Å². The van der Waals surface area contributed by atoms with Crippen LogP contribution in [0.4, 0.5) is 11.4 Å². The number of nitrogens with zero attached hydrogens (tertiary/aromatic N) is 1. The average Bonchev–Trinajstić information content (AvgIpc) is 3.18. The van der Waals surface area contributed by atoms with Gasteiger partial charge in [-0.3, -0.25) is 10.1 Å². The number of hydrogen-bond donors (Lipinski definition) is 1. The summed E-state index contributed by atoms with van der Waals surface area (Å²) in [5.74, 6) is 0.482. The fourth-order valence-electron chi connectivity index (χ4n) is 3.74. The van der Waals surface area contributed by atoms with Crippen molar-refractivity contribution in [1.82, 2.24) is 0 Å². The molecule has 1 aliphatic heterocycles. The Labute approximate surface area is 132 Å². The molecule has 0 radical (unpaired) electrons. The summed E-state index contributed by atoms with van der Waals surface area (Å²) in [6.45, 7) is 2.01. The van der Waals surface area contributed by atoms with Crippen molar-refractivity contribution in [1.29, 1.82) is 0 Å². The molecule has 2 aliphatic rings. The van der Waals surface area contributed by atoms with E-state index in [0.29, 0.717) is 5.92 Å². The molecule has 0 bridgehead atoms. The van der Waals surface area contributed by atoms with Gasteiger partial charge in [0.2, 0.25) is 0 Å². The zero-order chi connectivity index (χ0) is 15.3. The van der Waals surface area contributed by atoms with Gasteiger partial charge in [0.05, 0.1) is 16.5 Å². The smallest absolute Gasteiger partial charge is 0.275 e. The minimum Gasteiger partial charge on any atom is -0.376 e. The SMILES string of the molecule is Cc1ccc([N+](=O)[O-])c2c1NC(c1cccs1)C1CC=CC21. The third kappa shape index (κ3) is 1.89. The zero-order valence-electron chi connectivity index (χ0n) is 12.2. The van der Waals surface area contributed by atoms with E-state index in [0.717, 1.165) is 23.2 Å². The molecule has 1 aromatic carbocycles. The predicted molar refractivity (Wildman–Crippen MR) is 88.5 cm³/mol. The van der Waals surface area contributed by atoms with Crippen molar-refractivity contribution in [3.63, 3.8) is 0 Å². The molecule has 0 spiro atoms. The van der Waals surface area contributed by atoms with Gasteiger partial charge in [0, 0.05) is 22.5 Å². The molecule has 22 heavy (non-hydrogen) atoms. The van der Waals surface area contributed by atoms with E-state index in [4.69, 9.17) is 0 Å². The molecule has 0 saturated heterocycles. The Morgan fingerprint density at radius 1 is 1.36 bits per heavy atom. The first kappa shape index (κ1) is 13.5. The fraction of sp³-hybridized carbons (Fsp3) is 0.294. The van der Waals surface area contributed by atoms with Crippen LogP contribution >= 0.6 is 11.3 Å². The predicted octanol–water partition coefficient (Wildman–Crippen LogP) is 4.79. The summed E-state index contributed by atoms with van der Waals surface area (Å²) in [4.78, 5) is 12.5. The van der Waals surface area contributed by atoms with E-state index < -0.39 is 0 Å². The normalized spacial score (nSPS) is 25.4. The Bertz CT molecular complexity index is 767. The van der Waals surface area contributed by atoms with Crippen molar-refractivity contribution in [2.24, 2.45) is 5.92 Å². The molecule has 3 atom stereocenters. The van der Waals surface area contributed by atoms with Gasteiger partial charge in [0.1, 0.15) is 0 Å². The molecule has 2 aromatic rings. The van der Waals surface area contributed by atoms with E-state index in [1.807, 2.05) is 13.0 Å². The number of nitro benzene ring substituents is 1. The highest BCUT2D eigenvalue weighted by Crippen LogP contribution is 2.53. The minimum absolute atomic E-state index is 0.128. The number of nitro groups is 1. The number of hydrogen-bond acceptors (Lipinski definition) is 4. The lowest BCUT2D eigenvalue weighted by atomic mass is 9.77. The van der Waals surface area contributed by atoms with Crippen molar-refractivity contribution in [2.45, 2.75) is 25.3 Å². The fourth-order valence-corrected chi connectivity index (χ4v) is 4.60. The first-order valence-electron chi connectivity index (χ1n) is 7.41. The van der Waals surface area contributed by atoms with E-state index in [2.05, 4.69) is 35.0 Å². The summed E-state index contributed by atoms with van der Waals surface area (Å²) in [6, 6.07) is 7.93. The molecule has 0 saturated carbocycles. The Balaban J connectivity index is 1.90. The van der Waals surface area contributed by atoms with Crippen LogP contribution in [-0.4, -0.2) is 4.92 Å². The van der Waals surface area contributed by atoms with Crippen LogP contribution in [0, 0.1) is 23.0 Å². The minimum atomic E-state index is -0.255. The Morgan fingerprint density at radius 3 is 2.95 bits per heavy atom. The standard InChI is InChI=1S/C17H16N2O2S/c1-10-7-8-13(19(20)21)15-11-4-2-5-12(11)17(18-16(10)15)14-6-3-9-22-14/h2-4,6-9,11-12,17-18H,5H2,1H3. The second kappa shape index (κ2) is 4.95. The molecule has 4 rings (SSSR count). The van der Waals surface area contributed by atoms with Gasteiger partial charge in [-0.2, -0.15) is 0 Å². The molecular weight excluding hydrogens is 296 g/mol. The highest BCUT2D eigenvalue weighted by Gasteiger charge is 2.42. The first-order chi connectivity index (χ1) is 10.7. The lowest BCUT2D eigenvalue weighted by Crippen LogP contribution is -2.29. The topological polar surface area (TPSA) is 55.2 Å². The highest BCUT2D eigenvalue weighted by atomic mass is 32.1. The summed E-state index contributed by atoms with van der Waals surface area (Å²) in [5.41, 5.74) is 3.11. The number of fused-ring (bicyclic) bond motifs is 3. The van der Waals surface area contributed by atoms with E-state index in [1.165, 1.54) is 4.88 Å². The van der Waals surface area contributed by atoms with Crippen LogP contribution in [0.15, 0.2) is 41.8 Å². The number of thiophene rings is 1. The largest absolute Gasteiger partial charge is 0.376 e. The second-order valence-electron chi connectivity index (χ2n) is 5.94. The number of anilines is 1. The molecular formula is C17H16N2O2S. The molecule has 4 nitrogen and oxygen atoms in total. The number of nitrogens with one attached hydrogen (secondary N) is 1. The molecule has 1 N–H and O–H groups in total. The van der Waals surface area contributed by atoms with Crippen molar-refractivity contribution in [2.75, 3.05) is 5.32 Å². The van der Waals surface area contributed by atoms with Crippen molar-refractivity contribution in [3.8, 4) is 0 Å². The molecule has 3 unspecified atom stereocenters. The Kier molecular flexibility index (Phi) is 3.04. The molecule has 0 amide bonds. The maximum atomic E-state index is 11.4. The van der Waals surface area contributed by atoms with Gasteiger partial charge in [-0.25, -0.2) is 0 Å². The van der Waals surface area contributed by atoms with Crippen molar-refractivity contribution < 1.29 is 4.92 Å². The van der Waals surface area contributed by atoms with Gasteiger partial charge < -0.3 is 5.32 Å². The summed E-state index contributed by atoms with van der Waals surface area (Å²) < 4.78 is 0. The monoisotopic (exact) mass is 312 g/mol. The Hall–Kier alpha value is -2.14. The number of allylic oxidation sites excluding steroid dienone is 2. The second-order valence-corrected chi connectivity index (χ2v) is 6.92. The van der Waals surface area contributed by atoms with E-state index in [-0.39, 0.29) is 22.6 Å². The summed E-state index contributed by atoms with van der Waals surface area (Å²) in [6.07, 6.45) is 5.28. The van der Waals surface area contributed by atoms with Gasteiger partial charge in [-0.05, 0) is 36.3 Å². The average molecular weight is 312 g/mol. The summed E-state index contributed by atoms with van der Waals surface area (Å²) in [5, 5.41) is 17.1. The van der Waals surface area contributed by atoms with Gasteiger partial charge in [0.15, 0.2) is 0 Å². The number of aryl methyl sites for hydroxylation is 1. The molecule has 0 fully saturated rings. The van der Waals surface area contributed by atoms with E-state index >= 15 is 0 Å². The van der Waals surface area contributed by atoms with E-state index in [9.17, 15) is 10.1 Å². The third-order valence-electron chi connectivity index (χ3n) is 4.75. The van der Waals surface area contributed by atoms with Crippen molar-refractivity contribution >= 4 is 22.7 Å². The third-order valence-corrected chi connectivity index (χ3v) is 5.71. The maximum absolute atomic E-state index is 11.4. The van der Waals surface area contributed by atoms with Crippen LogP contribution in [0.1, 0.15) is 34.4 Å². The highest BCUT2D eigenvalue weighted by molar-refractivity contribution is 7.10. The lowest BCUT2D eigenvalue weighted by molar-refractivity contribution is -0.385. The summed E-state index contributed by atoms with van der Waals surface area (Å²) >= 11 is 1.75. The van der Waals surface area contributed by atoms with E-state index in [1.54, 1.807) is 17.4 Å². The molecule has 1 aliphatic carbocycles. The lowest BCUT2D eigenvalue weighted by Gasteiger charge is -2.37. The molecule has 5 heteroatoms. The molecule has 2 heterocycles. The number of benzene rings is 1. The maximum Gasteiger partial charge on any atom is 0.275 e. The first-order valence-corrected chi connectivity index (χ1v) is 8.29. The molecule has 112 valence electrons. The van der Waals surface area contributed by atoms with Crippen LogP contribution in [0.25, 0.3) is 0 Å². The van der Waals surface area contributed by atoms with Gasteiger partial charge in [-0.1, -0.05) is 24.3 Å². The Morgan fingerprint density at radius 2 is 2.23 bits per heavy atom. The number of rotatable bonds is 2. The van der Waals surface area contributed by atoms with Gasteiger partial charge in [0.25, 0.3) is 5.69 Å². The van der Waals surface area contributed by atoms with Crippen molar-refractivity contribution in [3.05, 3.63) is 67.9 Å². The van der Waals surface area contributed by atoms with Gasteiger partial charge in [-0.15, -0.1) is 11.3 Å².